The van der Waals surface area contributed by atoms with Crippen LogP contribution in [-0.4, -0.2) is 21.1 Å². The van der Waals surface area contributed by atoms with Crippen molar-refractivity contribution in [2.24, 2.45) is 0 Å². The first kappa shape index (κ1) is 19.8. The predicted molar refractivity (Wildman–Crippen MR) is 114 cm³/mol. The normalized spacial score (nSPS) is 12.5. The molecule has 4 rings (SSSR count). The zero-order valence-electron chi connectivity index (χ0n) is 16.4. The van der Waals surface area contributed by atoms with Gasteiger partial charge in [0, 0.05) is 17.3 Å². The van der Waals surface area contributed by atoms with E-state index in [0.717, 1.165) is 11.1 Å². The highest BCUT2D eigenvalue weighted by Crippen LogP contribution is 2.34. The second-order valence-electron chi connectivity index (χ2n) is 6.97. The lowest BCUT2D eigenvalue weighted by Crippen LogP contribution is -2.16. The largest absolute Gasteiger partial charge is 0.454 e. The molecule has 0 atom stereocenters. The van der Waals surface area contributed by atoms with Crippen molar-refractivity contribution in [3.63, 3.8) is 0 Å². The third-order valence-electron chi connectivity index (χ3n) is 4.66. The van der Waals surface area contributed by atoms with Crippen molar-refractivity contribution in [3.05, 3.63) is 77.4 Å². The Morgan fingerprint density at radius 1 is 0.933 bits per heavy atom. The van der Waals surface area contributed by atoms with E-state index in [0.29, 0.717) is 22.9 Å². The smallest absolute Gasteiger partial charge is 0.261 e. The predicted octanol–water partition coefficient (Wildman–Crippen LogP) is 4.09. The Bertz CT molecular complexity index is 1240. The van der Waals surface area contributed by atoms with E-state index in [-0.39, 0.29) is 23.2 Å². The Balaban J connectivity index is 1.55. The molecule has 1 aliphatic rings. The number of fused-ring (bicyclic) bond motifs is 1. The number of amides is 1. The van der Waals surface area contributed by atoms with Crippen molar-refractivity contribution in [3.8, 4) is 11.5 Å². The molecular formula is C22H20N2O5S. The van der Waals surface area contributed by atoms with Crippen LogP contribution in [0.3, 0.4) is 0 Å². The Kier molecular flexibility index (Phi) is 5.09. The lowest BCUT2D eigenvalue weighted by atomic mass is 10.1. The summed E-state index contributed by atoms with van der Waals surface area (Å²) < 4.78 is 38.6. The molecule has 2 N–H and O–H groups in total. The van der Waals surface area contributed by atoms with Gasteiger partial charge in [-0.3, -0.25) is 9.52 Å². The van der Waals surface area contributed by atoms with E-state index in [1.807, 2.05) is 32.0 Å². The van der Waals surface area contributed by atoms with Gasteiger partial charge in [-0.05, 0) is 55.8 Å². The molecule has 0 spiro atoms. The molecule has 3 aromatic carbocycles. The third kappa shape index (κ3) is 4.08. The zero-order chi connectivity index (χ0) is 21.3. The zero-order valence-corrected chi connectivity index (χ0v) is 17.2. The van der Waals surface area contributed by atoms with Crippen LogP contribution in [0.5, 0.6) is 11.5 Å². The number of sulfonamides is 1. The monoisotopic (exact) mass is 424 g/mol. The van der Waals surface area contributed by atoms with Crippen LogP contribution in [0, 0.1) is 13.8 Å². The fraction of sp³-hybridized carbons (Fsp3) is 0.136. The molecule has 0 bridgehead atoms. The van der Waals surface area contributed by atoms with Crippen molar-refractivity contribution < 1.29 is 22.7 Å². The van der Waals surface area contributed by atoms with E-state index in [4.69, 9.17) is 9.47 Å². The van der Waals surface area contributed by atoms with Gasteiger partial charge in [0.2, 0.25) is 6.79 Å². The fourth-order valence-electron chi connectivity index (χ4n) is 3.13. The maximum Gasteiger partial charge on any atom is 0.261 e. The Morgan fingerprint density at radius 3 is 2.53 bits per heavy atom. The molecule has 0 unspecified atom stereocenters. The maximum atomic E-state index is 12.8. The van der Waals surface area contributed by atoms with Crippen LogP contribution in [-0.2, 0) is 10.0 Å². The van der Waals surface area contributed by atoms with Crippen molar-refractivity contribution in [2.75, 3.05) is 16.8 Å². The van der Waals surface area contributed by atoms with Crippen LogP contribution in [0.4, 0.5) is 11.4 Å². The highest BCUT2D eigenvalue weighted by Gasteiger charge is 2.19. The van der Waals surface area contributed by atoms with Gasteiger partial charge in [-0.25, -0.2) is 8.42 Å². The lowest BCUT2D eigenvalue weighted by molar-refractivity contribution is 0.102. The molecule has 0 aromatic heterocycles. The number of ether oxygens (including phenoxy) is 2. The number of carbonyl (C=O) groups is 1. The van der Waals surface area contributed by atoms with Crippen molar-refractivity contribution in [1.29, 1.82) is 0 Å². The van der Waals surface area contributed by atoms with Gasteiger partial charge < -0.3 is 14.8 Å². The molecule has 30 heavy (non-hydrogen) atoms. The van der Waals surface area contributed by atoms with Gasteiger partial charge in [-0.1, -0.05) is 23.8 Å². The standard InChI is InChI=1S/C22H20N2O5S/c1-14-6-8-19(15(2)10-14)23-22(25)16-4-3-5-18(11-16)30(26,27)24-17-7-9-20-21(12-17)29-13-28-20/h3-12,24H,13H2,1-2H3,(H,23,25). The minimum Gasteiger partial charge on any atom is -0.454 e. The first-order valence-corrected chi connectivity index (χ1v) is 10.7. The van der Waals surface area contributed by atoms with E-state index in [1.165, 1.54) is 18.2 Å². The van der Waals surface area contributed by atoms with E-state index in [2.05, 4.69) is 10.0 Å². The van der Waals surface area contributed by atoms with E-state index in [9.17, 15) is 13.2 Å². The van der Waals surface area contributed by atoms with Crippen LogP contribution < -0.4 is 19.5 Å². The molecule has 0 radical (unpaired) electrons. The lowest BCUT2D eigenvalue weighted by Gasteiger charge is -2.11. The van der Waals surface area contributed by atoms with Gasteiger partial charge in [-0.2, -0.15) is 0 Å². The molecule has 3 aromatic rings. The van der Waals surface area contributed by atoms with E-state index >= 15 is 0 Å². The van der Waals surface area contributed by atoms with Crippen LogP contribution in [0.1, 0.15) is 21.5 Å². The van der Waals surface area contributed by atoms with Crippen LogP contribution >= 0.6 is 0 Å². The summed E-state index contributed by atoms with van der Waals surface area (Å²) in [5.41, 5.74) is 3.27. The number of nitrogens with one attached hydrogen (secondary N) is 2. The summed E-state index contributed by atoms with van der Waals surface area (Å²) in [6.45, 7) is 3.97. The summed E-state index contributed by atoms with van der Waals surface area (Å²) in [7, 11) is -3.90. The van der Waals surface area contributed by atoms with E-state index in [1.54, 1.807) is 24.3 Å². The quantitative estimate of drug-likeness (QED) is 0.644. The van der Waals surface area contributed by atoms with Crippen LogP contribution in [0.2, 0.25) is 0 Å². The molecule has 1 amide bonds. The fourth-order valence-corrected chi connectivity index (χ4v) is 4.22. The topological polar surface area (TPSA) is 93.7 Å². The number of carbonyl (C=O) groups excluding carboxylic acids is 1. The SMILES string of the molecule is Cc1ccc(NC(=O)c2cccc(S(=O)(=O)Nc3ccc4c(c3)OCO4)c2)c(C)c1. The summed E-state index contributed by atoms with van der Waals surface area (Å²) in [4.78, 5) is 12.6. The summed E-state index contributed by atoms with van der Waals surface area (Å²) >= 11 is 0. The van der Waals surface area contributed by atoms with Crippen LogP contribution in [0.15, 0.2) is 65.6 Å². The number of anilines is 2. The van der Waals surface area contributed by atoms with Gasteiger partial charge in [0.15, 0.2) is 11.5 Å². The first-order valence-electron chi connectivity index (χ1n) is 9.23. The highest BCUT2D eigenvalue weighted by atomic mass is 32.2. The minimum atomic E-state index is -3.90. The Labute approximate surface area is 174 Å². The molecule has 7 nitrogen and oxygen atoms in total. The van der Waals surface area contributed by atoms with Crippen molar-refractivity contribution in [2.45, 2.75) is 18.7 Å². The summed E-state index contributed by atoms with van der Waals surface area (Å²) in [5, 5.41) is 2.83. The Morgan fingerprint density at radius 2 is 1.73 bits per heavy atom. The molecule has 154 valence electrons. The molecule has 1 aliphatic heterocycles. The van der Waals surface area contributed by atoms with Gasteiger partial charge >= 0.3 is 0 Å². The van der Waals surface area contributed by atoms with Gasteiger partial charge in [-0.15, -0.1) is 0 Å². The molecule has 8 heteroatoms. The molecule has 0 saturated carbocycles. The first-order chi connectivity index (χ1) is 14.3. The van der Waals surface area contributed by atoms with Crippen LogP contribution in [0.25, 0.3) is 0 Å². The molecule has 0 aliphatic carbocycles. The number of benzene rings is 3. The number of aryl methyl sites for hydroxylation is 2. The Hall–Kier alpha value is -3.52. The third-order valence-corrected chi connectivity index (χ3v) is 6.04. The maximum absolute atomic E-state index is 12.8. The molecule has 0 fully saturated rings. The average molecular weight is 424 g/mol. The number of rotatable bonds is 5. The second kappa shape index (κ2) is 7.72. The van der Waals surface area contributed by atoms with Crippen molar-refractivity contribution >= 4 is 27.3 Å². The minimum absolute atomic E-state index is 0.0200. The number of hydrogen-bond acceptors (Lipinski definition) is 5. The number of hydrogen-bond donors (Lipinski definition) is 2. The second-order valence-corrected chi connectivity index (χ2v) is 8.66. The highest BCUT2D eigenvalue weighted by molar-refractivity contribution is 7.92. The van der Waals surface area contributed by atoms with Crippen molar-refractivity contribution in [1.82, 2.24) is 0 Å². The molecular weight excluding hydrogens is 404 g/mol. The van der Waals surface area contributed by atoms with Gasteiger partial charge in [0.05, 0.1) is 10.6 Å². The van der Waals surface area contributed by atoms with E-state index < -0.39 is 10.0 Å². The summed E-state index contributed by atoms with van der Waals surface area (Å²) in [5.74, 6) is 0.641. The molecule has 0 saturated heterocycles. The van der Waals surface area contributed by atoms with Gasteiger partial charge in [0.1, 0.15) is 0 Å². The summed E-state index contributed by atoms with van der Waals surface area (Å²) in [6.07, 6.45) is 0. The molecule has 1 heterocycles. The average Bonchev–Trinajstić information content (AvgIpc) is 3.17. The summed E-state index contributed by atoms with van der Waals surface area (Å²) in [6, 6.07) is 16.3. The van der Waals surface area contributed by atoms with Gasteiger partial charge in [0.25, 0.3) is 15.9 Å².